The van der Waals surface area contributed by atoms with Gasteiger partial charge in [-0.15, -0.1) is 10.2 Å². The summed E-state index contributed by atoms with van der Waals surface area (Å²) in [6.07, 6.45) is 4.28. The van der Waals surface area contributed by atoms with E-state index in [0.29, 0.717) is 29.8 Å². The van der Waals surface area contributed by atoms with Crippen LogP contribution in [0.1, 0.15) is 30.2 Å². The summed E-state index contributed by atoms with van der Waals surface area (Å²) in [5, 5.41) is 13.2. The number of nitrogens with zero attached hydrogens (tertiary/aromatic N) is 4. The van der Waals surface area contributed by atoms with Crippen LogP contribution in [0.4, 0.5) is 0 Å². The van der Waals surface area contributed by atoms with E-state index in [4.69, 9.17) is 16.0 Å². The Morgan fingerprint density at radius 2 is 2.05 bits per heavy atom. The highest BCUT2D eigenvalue weighted by Crippen LogP contribution is 2.19. The summed E-state index contributed by atoms with van der Waals surface area (Å²) in [5.74, 6) is 1.32. The van der Waals surface area contributed by atoms with Gasteiger partial charge < -0.3 is 4.42 Å². The van der Waals surface area contributed by atoms with Crippen LogP contribution in [0.5, 0.6) is 0 Å². The number of aromatic nitrogens is 4. The van der Waals surface area contributed by atoms with Gasteiger partial charge in [0.05, 0.1) is 29.6 Å². The van der Waals surface area contributed by atoms with E-state index in [0.717, 1.165) is 10.0 Å². The topological polar surface area (TPSA) is 56.7 Å². The molecule has 22 heavy (non-hydrogen) atoms. The molecule has 3 aromatic rings. The number of hydrogen-bond donors (Lipinski definition) is 0. The smallest absolute Gasteiger partial charge is 0.221 e. The van der Waals surface area contributed by atoms with Crippen LogP contribution in [0, 0.1) is 0 Å². The molecular weight excluding hydrogens is 368 g/mol. The summed E-state index contributed by atoms with van der Waals surface area (Å²) < 4.78 is 8.55. The maximum atomic E-state index is 5.88. The van der Waals surface area contributed by atoms with Gasteiger partial charge in [0.15, 0.2) is 0 Å². The predicted octanol–water partition coefficient (Wildman–Crippen LogP) is 4.08. The van der Waals surface area contributed by atoms with E-state index < -0.39 is 0 Å². The number of hydrogen-bond acceptors (Lipinski definition) is 4. The Balaban J connectivity index is 1.66. The lowest BCUT2D eigenvalue weighted by atomic mass is 10.1. The SMILES string of the molecule is CC(Cn1cc(Br)cn1)c1nnc(Cc2ccc(Cl)cc2)o1. The molecule has 0 aliphatic rings. The van der Waals surface area contributed by atoms with Crippen molar-refractivity contribution in [2.45, 2.75) is 25.8 Å². The average Bonchev–Trinajstić information content (AvgIpc) is 3.11. The fourth-order valence-electron chi connectivity index (χ4n) is 2.11. The Labute approximate surface area is 141 Å². The standard InChI is InChI=1S/C15H14BrClN4O/c1-10(8-21-9-12(16)7-18-21)15-20-19-14(22-15)6-11-2-4-13(17)5-3-11/h2-5,7,9-10H,6,8H2,1H3. The van der Waals surface area contributed by atoms with Crippen LogP contribution in [0.25, 0.3) is 0 Å². The molecule has 0 amide bonds. The van der Waals surface area contributed by atoms with E-state index in [-0.39, 0.29) is 5.92 Å². The Hall–Kier alpha value is -1.66. The lowest BCUT2D eigenvalue weighted by Gasteiger charge is -2.06. The van der Waals surface area contributed by atoms with Crippen molar-refractivity contribution in [1.82, 2.24) is 20.0 Å². The molecule has 0 spiro atoms. The van der Waals surface area contributed by atoms with Crippen molar-refractivity contribution in [3.05, 3.63) is 63.5 Å². The maximum Gasteiger partial charge on any atom is 0.221 e. The first-order chi connectivity index (χ1) is 10.6. The van der Waals surface area contributed by atoms with E-state index in [9.17, 15) is 0 Å². The normalized spacial score (nSPS) is 12.5. The van der Waals surface area contributed by atoms with Crippen molar-refractivity contribution < 1.29 is 4.42 Å². The Morgan fingerprint density at radius 1 is 1.27 bits per heavy atom. The lowest BCUT2D eigenvalue weighted by Crippen LogP contribution is -2.06. The minimum Gasteiger partial charge on any atom is -0.425 e. The summed E-state index contributed by atoms with van der Waals surface area (Å²) in [4.78, 5) is 0. The Morgan fingerprint density at radius 3 is 2.73 bits per heavy atom. The van der Waals surface area contributed by atoms with Crippen LogP contribution in [-0.2, 0) is 13.0 Å². The molecule has 7 heteroatoms. The molecule has 0 bridgehead atoms. The second-order valence-electron chi connectivity index (χ2n) is 5.12. The van der Waals surface area contributed by atoms with Crippen molar-refractivity contribution in [3.63, 3.8) is 0 Å². The predicted molar refractivity (Wildman–Crippen MR) is 86.9 cm³/mol. The molecule has 1 atom stereocenters. The highest BCUT2D eigenvalue weighted by atomic mass is 79.9. The second-order valence-corrected chi connectivity index (χ2v) is 6.47. The van der Waals surface area contributed by atoms with Gasteiger partial charge in [0.25, 0.3) is 0 Å². The van der Waals surface area contributed by atoms with Crippen LogP contribution in [-0.4, -0.2) is 20.0 Å². The van der Waals surface area contributed by atoms with Gasteiger partial charge in [-0.25, -0.2) is 0 Å². The van der Waals surface area contributed by atoms with Gasteiger partial charge in [0, 0.05) is 11.2 Å². The van der Waals surface area contributed by atoms with Gasteiger partial charge in [-0.05, 0) is 33.6 Å². The Kier molecular flexibility index (Phi) is 4.59. The van der Waals surface area contributed by atoms with Gasteiger partial charge in [0.2, 0.25) is 11.8 Å². The highest BCUT2D eigenvalue weighted by Gasteiger charge is 2.15. The maximum absolute atomic E-state index is 5.88. The summed E-state index contributed by atoms with van der Waals surface area (Å²) >= 11 is 9.26. The number of halogens is 2. The fraction of sp³-hybridized carbons (Fsp3) is 0.267. The molecule has 0 N–H and O–H groups in total. The van der Waals surface area contributed by atoms with Crippen LogP contribution in [0.2, 0.25) is 5.02 Å². The van der Waals surface area contributed by atoms with Gasteiger partial charge >= 0.3 is 0 Å². The molecule has 1 unspecified atom stereocenters. The summed E-state index contributed by atoms with van der Waals surface area (Å²) in [7, 11) is 0. The molecule has 0 saturated heterocycles. The first kappa shape index (κ1) is 15.2. The van der Waals surface area contributed by atoms with Crippen LogP contribution in [0.3, 0.4) is 0 Å². The van der Waals surface area contributed by atoms with Gasteiger partial charge in [0.1, 0.15) is 0 Å². The largest absolute Gasteiger partial charge is 0.425 e. The molecule has 2 aromatic heterocycles. The molecule has 114 valence electrons. The average molecular weight is 382 g/mol. The van der Waals surface area contributed by atoms with Crippen molar-refractivity contribution in [1.29, 1.82) is 0 Å². The molecule has 3 rings (SSSR count). The lowest BCUT2D eigenvalue weighted by molar-refractivity contribution is 0.399. The summed E-state index contributed by atoms with van der Waals surface area (Å²) in [6.45, 7) is 2.73. The van der Waals surface area contributed by atoms with E-state index in [2.05, 4.69) is 31.2 Å². The second kappa shape index (κ2) is 6.62. The van der Waals surface area contributed by atoms with Gasteiger partial charge in [-0.3, -0.25) is 4.68 Å². The molecule has 0 fully saturated rings. The van der Waals surface area contributed by atoms with Crippen molar-refractivity contribution >= 4 is 27.5 Å². The van der Waals surface area contributed by atoms with Crippen LogP contribution >= 0.6 is 27.5 Å². The molecule has 0 radical (unpaired) electrons. The zero-order valence-electron chi connectivity index (χ0n) is 11.9. The van der Waals surface area contributed by atoms with E-state index in [1.54, 1.807) is 6.20 Å². The third-order valence-corrected chi connectivity index (χ3v) is 3.90. The third kappa shape index (κ3) is 3.75. The van der Waals surface area contributed by atoms with E-state index >= 15 is 0 Å². The van der Waals surface area contributed by atoms with Crippen molar-refractivity contribution in [2.24, 2.45) is 0 Å². The molecule has 1 aromatic carbocycles. The Bertz CT molecular complexity index is 753. The molecule has 5 nitrogen and oxygen atoms in total. The number of benzene rings is 1. The van der Waals surface area contributed by atoms with Crippen LogP contribution in [0.15, 0.2) is 45.5 Å². The zero-order valence-corrected chi connectivity index (χ0v) is 14.3. The fourth-order valence-corrected chi connectivity index (χ4v) is 2.56. The zero-order chi connectivity index (χ0) is 15.5. The molecule has 0 aliphatic carbocycles. The van der Waals surface area contributed by atoms with Gasteiger partial charge in [-0.2, -0.15) is 5.10 Å². The van der Waals surface area contributed by atoms with E-state index in [1.807, 2.05) is 42.1 Å². The van der Waals surface area contributed by atoms with Crippen LogP contribution < -0.4 is 0 Å². The monoisotopic (exact) mass is 380 g/mol. The molecule has 0 saturated carbocycles. The van der Waals surface area contributed by atoms with Gasteiger partial charge in [-0.1, -0.05) is 30.7 Å². The molecule has 0 aliphatic heterocycles. The first-order valence-electron chi connectivity index (χ1n) is 6.85. The van der Waals surface area contributed by atoms with Crippen molar-refractivity contribution in [3.8, 4) is 0 Å². The summed E-state index contributed by atoms with van der Waals surface area (Å²) in [6, 6.07) is 7.62. The molecular formula is C15H14BrClN4O. The van der Waals surface area contributed by atoms with E-state index in [1.165, 1.54) is 0 Å². The summed E-state index contributed by atoms with van der Waals surface area (Å²) in [5.41, 5.74) is 1.09. The highest BCUT2D eigenvalue weighted by molar-refractivity contribution is 9.10. The minimum absolute atomic E-state index is 0.0956. The molecule has 2 heterocycles. The third-order valence-electron chi connectivity index (χ3n) is 3.24. The quantitative estimate of drug-likeness (QED) is 0.668. The number of rotatable bonds is 5. The first-order valence-corrected chi connectivity index (χ1v) is 8.02. The van der Waals surface area contributed by atoms with Crippen molar-refractivity contribution in [2.75, 3.05) is 0 Å². The minimum atomic E-state index is 0.0956.